The summed E-state index contributed by atoms with van der Waals surface area (Å²) in [6, 6.07) is 6.67. The number of hydrogen-bond acceptors (Lipinski definition) is 4. The van der Waals surface area contributed by atoms with Crippen molar-refractivity contribution in [2.24, 2.45) is 5.73 Å². The number of nitrogens with one attached hydrogen (secondary N) is 2. The third-order valence-electron chi connectivity index (χ3n) is 2.47. The molecule has 1 aromatic rings. The van der Waals surface area contributed by atoms with Crippen LogP contribution in [0.5, 0.6) is 0 Å². The monoisotopic (exact) mass is 278 g/mol. The Morgan fingerprint density at radius 2 is 1.80 bits per heavy atom. The van der Waals surface area contributed by atoms with Gasteiger partial charge in [0.05, 0.1) is 24.3 Å². The Bertz CT molecular complexity index is 514. The highest BCUT2D eigenvalue weighted by Crippen LogP contribution is 2.16. The van der Waals surface area contributed by atoms with Crippen molar-refractivity contribution < 1.29 is 14.4 Å². The van der Waals surface area contributed by atoms with Crippen LogP contribution in [0.1, 0.15) is 10.4 Å². The fourth-order valence-corrected chi connectivity index (χ4v) is 1.46. The van der Waals surface area contributed by atoms with Crippen LogP contribution in [0.2, 0.25) is 0 Å². The Balaban J connectivity index is 2.75. The highest BCUT2D eigenvalue weighted by Gasteiger charge is 2.14. The van der Waals surface area contributed by atoms with Crippen molar-refractivity contribution in [1.82, 2.24) is 10.2 Å². The molecule has 1 aromatic carbocycles. The number of carbonyl (C=O) groups excluding carboxylic acids is 3. The van der Waals surface area contributed by atoms with Crippen LogP contribution < -0.4 is 16.4 Å². The van der Waals surface area contributed by atoms with Gasteiger partial charge in [0.2, 0.25) is 11.8 Å². The fraction of sp³-hybridized carbons (Fsp3) is 0.308. The van der Waals surface area contributed by atoms with E-state index in [1.165, 1.54) is 4.90 Å². The van der Waals surface area contributed by atoms with E-state index >= 15 is 0 Å². The minimum Gasteiger partial charge on any atom is -0.346 e. The van der Waals surface area contributed by atoms with Gasteiger partial charge in [0.1, 0.15) is 0 Å². The second-order valence-corrected chi connectivity index (χ2v) is 4.27. The van der Waals surface area contributed by atoms with Crippen molar-refractivity contribution in [2.45, 2.75) is 0 Å². The molecular weight excluding hydrogens is 260 g/mol. The number of para-hydroxylation sites is 1. The van der Waals surface area contributed by atoms with Gasteiger partial charge in [0, 0.05) is 14.1 Å². The van der Waals surface area contributed by atoms with E-state index in [0.717, 1.165) is 0 Å². The first-order chi connectivity index (χ1) is 9.45. The average Bonchev–Trinajstić information content (AvgIpc) is 2.44. The van der Waals surface area contributed by atoms with Crippen molar-refractivity contribution in [3.8, 4) is 0 Å². The Morgan fingerprint density at radius 1 is 1.15 bits per heavy atom. The largest absolute Gasteiger partial charge is 0.346 e. The zero-order chi connectivity index (χ0) is 15.1. The lowest BCUT2D eigenvalue weighted by Crippen LogP contribution is -2.36. The number of hydrogen-bond donors (Lipinski definition) is 3. The molecule has 7 nitrogen and oxygen atoms in total. The van der Waals surface area contributed by atoms with E-state index < -0.39 is 11.8 Å². The molecular formula is C13H18N4O3. The zero-order valence-corrected chi connectivity index (χ0v) is 11.5. The number of rotatable bonds is 5. The van der Waals surface area contributed by atoms with Crippen molar-refractivity contribution in [3.05, 3.63) is 29.8 Å². The van der Waals surface area contributed by atoms with Gasteiger partial charge in [-0.3, -0.25) is 14.4 Å². The normalized spacial score (nSPS) is 9.75. The molecule has 0 saturated heterocycles. The number of benzene rings is 1. The van der Waals surface area contributed by atoms with Crippen LogP contribution in [-0.4, -0.2) is 49.8 Å². The number of nitrogens with two attached hydrogens (primary N) is 1. The molecule has 0 heterocycles. The Labute approximate surface area is 117 Å². The second kappa shape index (κ2) is 7.25. The Kier molecular flexibility index (Phi) is 5.67. The van der Waals surface area contributed by atoms with Gasteiger partial charge in [-0.05, 0) is 12.1 Å². The number of carbonyl (C=O) groups is 3. The summed E-state index contributed by atoms with van der Waals surface area (Å²) in [6.45, 7) is -0.372. The molecule has 20 heavy (non-hydrogen) atoms. The van der Waals surface area contributed by atoms with E-state index in [0.29, 0.717) is 11.3 Å². The summed E-state index contributed by atoms with van der Waals surface area (Å²) < 4.78 is 0. The summed E-state index contributed by atoms with van der Waals surface area (Å²) in [5.74, 6) is -1.06. The lowest BCUT2D eigenvalue weighted by atomic mass is 10.1. The first-order valence-corrected chi connectivity index (χ1v) is 6.03. The summed E-state index contributed by atoms with van der Waals surface area (Å²) in [5.41, 5.74) is 5.90. The molecule has 108 valence electrons. The molecule has 0 saturated carbocycles. The van der Waals surface area contributed by atoms with E-state index in [2.05, 4.69) is 10.6 Å². The first kappa shape index (κ1) is 15.6. The molecule has 0 radical (unpaired) electrons. The van der Waals surface area contributed by atoms with Crippen LogP contribution in [0.15, 0.2) is 24.3 Å². The Hall–Kier alpha value is -2.41. The molecule has 4 N–H and O–H groups in total. The lowest BCUT2D eigenvalue weighted by molar-refractivity contribution is -0.123. The third-order valence-corrected chi connectivity index (χ3v) is 2.47. The van der Waals surface area contributed by atoms with Gasteiger partial charge < -0.3 is 21.3 Å². The maximum Gasteiger partial charge on any atom is 0.255 e. The van der Waals surface area contributed by atoms with Gasteiger partial charge in [0.25, 0.3) is 5.91 Å². The minimum atomic E-state index is -0.425. The van der Waals surface area contributed by atoms with Crippen molar-refractivity contribution in [2.75, 3.05) is 32.5 Å². The predicted molar refractivity (Wildman–Crippen MR) is 75.2 cm³/mol. The molecule has 0 aromatic heterocycles. The molecule has 7 heteroatoms. The second-order valence-electron chi connectivity index (χ2n) is 4.27. The standard InChI is InChI=1S/C13H18N4O3/c1-17(2)13(20)9-5-3-4-6-10(9)16-12(19)8-15-11(18)7-14/h3-6H,7-8,14H2,1-2H3,(H,15,18)(H,16,19). The molecule has 0 atom stereocenters. The first-order valence-electron chi connectivity index (χ1n) is 6.03. The van der Waals surface area contributed by atoms with Gasteiger partial charge in [-0.25, -0.2) is 0 Å². The summed E-state index contributed by atoms with van der Waals surface area (Å²) in [6.07, 6.45) is 0. The van der Waals surface area contributed by atoms with Crippen LogP contribution >= 0.6 is 0 Å². The molecule has 0 fully saturated rings. The molecule has 1 rings (SSSR count). The predicted octanol–water partition coefficient (Wildman–Crippen LogP) is -0.598. The lowest BCUT2D eigenvalue weighted by Gasteiger charge is -2.14. The maximum atomic E-state index is 11.9. The topological polar surface area (TPSA) is 105 Å². The molecule has 3 amide bonds. The van der Waals surface area contributed by atoms with Crippen LogP contribution in [0.3, 0.4) is 0 Å². The van der Waals surface area contributed by atoms with Gasteiger partial charge in [-0.2, -0.15) is 0 Å². The molecule has 0 spiro atoms. The van der Waals surface area contributed by atoms with Crippen LogP contribution in [-0.2, 0) is 9.59 Å². The quantitative estimate of drug-likeness (QED) is 0.669. The minimum absolute atomic E-state index is 0.178. The van der Waals surface area contributed by atoms with E-state index in [-0.39, 0.29) is 19.0 Å². The third kappa shape index (κ3) is 4.36. The van der Waals surface area contributed by atoms with Crippen molar-refractivity contribution in [3.63, 3.8) is 0 Å². The van der Waals surface area contributed by atoms with E-state index in [4.69, 9.17) is 5.73 Å². The van der Waals surface area contributed by atoms with Crippen LogP contribution in [0.4, 0.5) is 5.69 Å². The van der Waals surface area contributed by atoms with E-state index in [1.54, 1.807) is 38.4 Å². The van der Waals surface area contributed by atoms with Crippen molar-refractivity contribution >= 4 is 23.4 Å². The summed E-state index contributed by atoms with van der Waals surface area (Å²) >= 11 is 0. The summed E-state index contributed by atoms with van der Waals surface area (Å²) in [5, 5.41) is 4.94. The van der Waals surface area contributed by atoms with Gasteiger partial charge in [0.15, 0.2) is 0 Å². The SMILES string of the molecule is CN(C)C(=O)c1ccccc1NC(=O)CNC(=O)CN. The van der Waals surface area contributed by atoms with Gasteiger partial charge >= 0.3 is 0 Å². The number of amides is 3. The number of nitrogens with zero attached hydrogens (tertiary/aromatic N) is 1. The molecule has 0 aliphatic rings. The molecule has 0 bridgehead atoms. The maximum absolute atomic E-state index is 11.9. The molecule has 0 aliphatic carbocycles. The van der Waals surface area contributed by atoms with E-state index in [9.17, 15) is 14.4 Å². The fourth-order valence-electron chi connectivity index (χ4n) is 1.46. The summed E-state index contributed by atoms with van der Waals surface area (Å²) in [7, 11) is 3.25. The molecule has 0 aliphatic heterocycles. The number of anilines is 1. The van der Waals surface area contributed by atoms with Crippen molar-refractivity contribution in [1.29, 1.82) is 0 Å². The highest BCUT2D eigenvalue weighted by atomic mass is 16.2. The highest BCUT2D eigenvalue weighted by molar-refractivity contribution is 6.04. The smallest absolute Gasteiger partial charge is 0.255 e. The van der Waals surface area contributed by atoms with Gasteiger partial charge in [-0.1, -0.05) is 12.1 Å². The van der Waals surface area contributed by atoms with Gasteiger partial charge in [-0.15, -0.1) is 0 Å². The molecule has 0 unspecified atom stereocenters. The van der Waals surface area contributed by atoms with Crippen LogP contribution in [0.25, 0.3) is 0 Å². The summed E-state index contributed by atoms with van der Waals surface area (Å²) in [4.78, 5) is 36.0. The Morgan fingerprint density at radius 3 is 2.40 bits per heavy atom. The van der Waals surface area contributed by atoms with Crippen LogP contribution in [0, 0.1) is 0 Å². The zero-order valence-electron chi connectivity index (χ0n) is 11.5. The average molecular weight is 278 g/mol. The van der Waals surface area contributed by atoms with E-state index in [1.807, 2.05) is 0 Å².